The number of benzene rings is 1. The van der Waals surface area contributed by atoms with Crippen LogP contribution in [0.5, 0.6) is 11.5 Å². The van der Waals surface area contributed by atoms with Gasteiger partial charge < -0.3 is 39.1 Å². The molecule has 11 heteroatoms. The number of hydrogen-bond acceptors (Lipinski definition) is 7. The maximum absolute atomic E-state index is 13.8. The molecule has 3 rings (SSSR count). The summed E-state index contributed by atoms with van der Waals surface area (Å²) in [4.78, 5) is 43.9. The number of carbonyl (C=O) groups is 3. The highest BCUT2D eigenvalue weighted by atomic mass is 16.5. The van der Waals surface area contributed by atoms with Crippen molar-refractivity contribution in [1.29, 1.82) is 0 Å². The highest BCUT2D eigenvalue weighted by molar-refractivity contribution is 5.95. The Labute approximate surface area is 243 Å². The minimum absolute atomic E-state index is 0.0224. The molecule has 1 aromatic rings. The van der Waals surface area contributed by atoms with Gasteiger partial charge in [0.15, 0.2) is 11.5 Å². The summed E-state index contributed by atoms with van der Waals surface area (Å²) in [6.07, 6.45) is 4.18. The fourth-order valence-electron chi connectivity index (χ4n) is 5.61. The van der Waals surface area contributed by atoms with E-state index in [2.05, 4.69) is 0 Å². The summed E-state index contributed by atoms with van der Waals surface area (Å²) in [5.41, 5.74) is 0.451. The molecular weight excluding hydrogens is 530 g/mol. The standard InChI is InChI=1S/C30H47N3O8/c1-21(2)33(29(36)22-8-13-26(40-4)27(19-22)41-18-6-17-39-3)25-12-11-24(32(20-25)30(37)38)14-15-31(23-9-10-23)28(35)7-5-16-34/h8,13,19,21,23-25,34H,5-7,9-12,14-18,20H2,1-4H3,(H,37,38)/t24-,25-/m1/s1. The quantitative estimate of drug-likeness (QED) is 0.285. The number of carboxylic acid groups (broad SMARTS) is 1. The van der Waals surface area contributed by atoms with Gasteiger partial charge in [0.1, 0.15) is 0 Å². The molecule has 0 bridgehead atoms. The Kier molecular flexibility index (Phi) is 12.5. The first-order valence-corrected chi connectivity index (χ1v) is 14.7. The molecule has 1 aliphatic carbocycles. The van der Waals surface area contributed by atoms with Gasteiger partial charge in [-0.15, -0.1) is 0 Å². The van der Waals surface area contributed by atoms with Crippen LogP contribution < -0.4 is 9.47 Å². The minimum atomic E-state index is -1.02. The van der Waals surface area contributed by atoms with Gasteiger partial charge in [0.2, 0.25) is 5.91 Å². The van der Waals surface area contributed by atoms with E-state index in [1.165, 1.54) is 4.90 Å². The largest absolute Gasteiger partial charge is 0.493 e. The van der Waals surface area contributed by atoms with Gasteiger partial charge in [-0.25, -0.2) is 4.79 Å². The topological polar surface area (TPSA) is 129 Å². The third-order valence-electron chi connectivity index (χ3n) is 7.83. The van der Waals surface area contributed by atoms with Crippen molar-refractivity contribution in [3.8, 4) is 11.5 Å². The molecular formula is C30H47N3O8. The summed E-state index contributed by atoms with van der Waals surface area (Å²) < 4.78 is 16.4. The van der Waals surface area contributed by atoms with E-state index < -0.39 is 6.09 Å². The molecule has 1 aromatic carbocycles. The van der Waals surface area contributed by atoms with Crippen molar-refractivity contribution < 1.29 is 38.8 Å². The van der Waals surface area contributed by atoms with Crippen LogP contribution >= 0.6 is 0 Å². The first kappa shape index (κ1) is 32.5. The average molecular weight is 578 g/mol. The highest BCUT2D eigenvalue weighted by Gasteiger charge is 2.39. The van der Waals surface area contributed by atoms with E-state index in [1.54, 1.807) is 37.3 Å². The average Bonchev–Trinajstić information content (AvgIpc) is 3.79. The summed E-state index contributed by atoms with van der Waals surface area (Å²) >= 11 is 0. The second-order valence-corrected chi connectivity index (χ2v) is 11.1. The normalized spacial score (nSPS) is 18.7. The molecule has 0 spiro atoms. The van der Waals surface area contributed by atoms with Crippen molar-refractivity contribution in [3.63, 3.8) is 0 Å². The summed E-state index contributed by atoms with van der Waals surface area (Å²) in [7, 11) is 3.18. The predicted molar refractivity (Wildman–Crippen MR) is 154 cm³/mol. The Balaban J connectivity index is 1.70. The van der Waals surface area contributed by atoms with Crippen LogP contribution in [0.1, 0.15) is 75.6 Å². The summed E-state index contributed by atoms with van der Waals surface area (Å²) in [5.74, 6) is 0.841. The number of aliphatic hydroxyl groups excluding tert-OH is 1. The van der Waals surface area contributed by atoms with Crippen LogP contribution in [0.3, 0.4) is 0 Å². The first-order chi connectivity index (χ1) is 19.7. The molecule has 230 valence electrons. The molecule has 0 radical (unpaired) electrons. The fraction of sp³-hybridized carbons (Fsp3) is 0.700. The lowest BCUT2D eigenvalue weighted by atomic mass is 9.93. The second kappa shape index (κ2) is 15.8. The van der Waals surface area contributed by atoms with Crippen LogP contribution in [0.4, 0.5) is 4.79 Å². The Hall–Kier alpha value is -3.05. The SMILES string of the molecule is COCCCOc1cc(C(=O)N(C(C)C)[C@@H]2CC[C@H](CCN(C(=O)CCCO)C3CC3)N(C(=O)O)C2)ccc1OC. The molecule has 2 atom stereocenters. The number of aliphatic hydroxyl groups is 1. The molecule has 0 unspecified atom stereocenters. The minimum Gasteiger partial charge on any atom is -0.493 e. The molecule has 1 saturated heterocycles. The smallest absolute Gasteiger partial charge is 0.407 e. The zero-order chi connectivity index (χ0) is 29.9. The lowest BCUT2D eigenvalue weighted by Gasteiger charge is -2.44. The number of amides is 3. The van der Waals surface area contributed by atoms with Crippen LogP contribution in [0.25, 0.3) is 0 Å². The highest BCUT2D eigenvalue weighted by Crippen LogP contribution is 2.32. The fourth-order valence-corrected chi connectivity index (χ4v) is 5.61. The van der Waals surface area contributed by atoms with Crippen molar-refractivity contribution in [2.75, 3.05) is 47.1 Å². The molecule has 0 aromatic heterocycles. The number of hydrogen-bond donors (Lipinski definition) is 2. The summed E-state index contributed by atoms with van der Waals surface area (Å²) in [6.45, 7) is 5.54. The van der Waals surface area contributed by atoms with Crippen molar-refractivity contribution in [2.45, 2.75) is 89.4 Å². The van der Waals surface area contributed by atoms with Gasteiger partial charge in [-0.1, -0.05) is 0 Å². The molecule has 11 nitrogen and oxygen atoms in total. The maximum Gasteiger partial charge on any atom is 0.407 e. The zero-order valence-corrected chi connectivity index (χ0v) is 24.9. The lowest BCUT2D eigenvalue weighted by Crippen LogP contribution is -2.57. The molecule has 3 amide bonds. The number of nitrogens with zero attached hydrogens (tertiary/aromatic N) is 3. The van der Waals surface area contributed by atoms with E-state index in [4.69, 9.17) is 19.3 Å². The number of methoxy groups -OCH3 is 2. The second-order valence-electron chi connectivity index (χ2n) is 11.1. The maximum atomic E-state index is 13.8. The zero-order valence-electron chi connectivity index (χ0n) is 24.9. The van der Waals surface area contributed by atoms with Crippen LogP contribution in [0, 0.1) is 0 Å². The van der Waals surface area contributed by atoms with Gasteiger partial charge in [0, 0.05) is 69.9 Å². The number of ether oxygens (including phenoxy) is 3. The molecule has 2 fully saturated rings. The molecule has 2 N–H and O–H groups in total. The molecule has 1 heterocycles. The number of piperidine rings is 1. The third kappa shape index (κ3) is 8.97. The Bertz CT molecular complexity index is 1020. The Morgan fingerprint density at radius 1 is 1.02 bits per heavy atom. The first-order valence-electron chi connectivity index (χ1n) is 14.7. The van der Waals surface area contributed by atoms with E-state index in [9.17, 15) is 19.5 Å². The molecule has 41 heavy (non-hydrogen) atoms. The van der Waals surface area contributed by atoms with Gasteiger partial charge in [0.05, 0.1) is 19.8 Å². The van der Waals surface area contributed by atoms with Crippen LogP contribution in [0.15, 0.2) is 18.2 Å². The van der Waals surface area contributed by atoms with Crippen molar-refractivity contribution in [3.05, 3.63) is 23.8 Å². The van der Waals surface area contributed by atoms with Crippen LogP contribution in [0.2, 0.25) is 0 Å². The van der Waals surface area contributed by atoms with Gasteiger partial charge in [-0.2, -0.15) is 0 Å². The summed E-state index contributed by atoms with van der Waals surface area (Å²) in [5, 5.41) is 19.2. The van der Waals surface area contributed by atoms with Gasteiger partial charge >= 0.3 is 6.09 Å². The Morgan fingerprint density at radius 2 is 1.76 bits per heavy atom. The number of carbonyl (C=O) groups excluding carboxylic acids is 2. The van der Waals surface area contributed by atoms with E-state index in [1.807, 2.05) is 18.7 Å². The molecule has 1 aliphatic heterocycles. The van der Waals surface area contributed by atoms with E-state index >= 15 is 0 Å². The van der Waals surface area contributed by atoms with Crippen molar-refractivity contribution >= 4 is 17.9 Å². The van der Waals surface area contributed by atoms with Crippen molar-refractivity contribution in [1.82, 2.24) is 14.7 Å². The number of likely N-dealkylation sites (tertiary alicyclic amines) is 1. The Morgan fingerprint density at radius 3 is 2.37 bits per heavy atom. The van der Waals surface area contributed by atoms with Crippen LogP contribution in [-0.2, 0) is 9.53 Å². The number of rotatable bonds is 16. The van der Waals surface area contributed by atoms with Crippen molar-refractivity contribution in [2.24, 2.45) is 0 Å². The van der Waals surface area contributed by atoms with Gasteiger partial charge in [-0.05, 0) is 70.6 Å². The van der Waals surface area contributed by atoms with E-state index in [0.29, 0.717) is 75.3 Å². The summed E-state index contributed by atoms with van der Waals surface area (Å²) in [6, 6.07) is 4.67. The van der Waals surface area contributed by atoms with Crippen LogP contribution in [-0.4, -0.2) is 114 Å². The molecule has 1 saturated carbocycles. The van der Waals surface area contributed by atoms with Gasteiger partial charge in [-0.3, -0.25) is 9.59 Å². The predicted octanol–water partition coefficient (Wildman–Crippen LogP) is 3.63. The third-order valence-corrected chi connectivity index (χ3v) is 7.83. The lowest BCUT2D eigenvalue weighted by molar-refractivity contribution is -0.132. The van der Waals surface area contributed by atoms with Gasteiger partial charge in [0.25, 0.3) is 5.91 Å². The molecule has 2 aliphatic rings. The monoisotopic (exact) mass is 577 g/mol. The van der Waals surface area contributed by atoms with E-state index in [0.717, 1.165) is 12.8 Å². The van der Waals surface area contributed by atoms with E-state index in [-0.39, 0.29) is 49.1 Å².